The number of hydrogen-bond acceptors (Lipinski definition) is 5. The van der Waals surface area contributed by atoms with Crippen LogP contribution in [0.2, 0.25) is 0 Å². The second kappa shape index (κ2) is 6.31. The molecule has 130 valence electrons. The smallest absolute Gasteiger partial charge is 0.244 e. The predicted molar refractivity (Wildman–Crippen MR) is 91.8 cm³/mol. The van der Waals surface area contributed by atoms with Crippen LogP contribution in [-0.2, 0) is 11.3 Å². The lowest BCUT2D eigenvalue weighted by Crippen LogP contribution is -2.34. The Bertz CT molecular complexity index is 898. The molecule has 1 aromatic carbocycles. The molecule has 1 saturated heterocycles. The van der Waals surface area contributed by atoms with E-state index in [1.165, 1.54) is 0 Å². The maximum Gasteiger partial charge on any atom is 0.244 e. The predicted octanol–water partition coefficient (Wildman–Crippen LogP) is 2.91. The SMILES string of the molecule is CC(C)c1nc(C2CCCN2C(=O)Cn2ncc3ccccc32)no1. The minimum absolute atomic E-state index is 0.0345. The summed E-state index contributed by atoms with van der Waals surface area (Å²) >= 11 is 0. The van der Waals surface area contributed by atoms with E-state index < -0.39 is 0 Å². The Hall–Kier alpha value is -2.70. The molecule has 7 nitrogen and oxygen atoms in total. The van der Waals surface area contributed by atoms with E-state index >= 15 is 0 Å². The van der Waals surface area contributed by atoms with Crippen molar-refractivity contribution in [3.63, 3.8) is 0 Å². The second-order valence-corrected chi connectivity index (χ2v) is 6.75. The van der Waals surface area contributed by atoms with Crippen molar-refractivity contribution in [2.75, 3.05) is 6.54 Å². The van der Waals surface area contributed by atoms with Crippen molar-refractivity contribution in [2.45, 2.75) is 45.2 Å². The van der Waals surface area contributed by atoms with E-state index in [4.69, 9.17) is 4.52 Å². The Labute approximate surface area is 145 Å². The van der Waals surface area contributed by atoms with E-state index in [1.54, 1.807) is 10.9 Å². The molecule has 1 fully saturated rings. The van der Waals surface area contributed by atoms with Crippen molar-refractivity contribution in [1.82, 2.24) is 24.8 Å². The Balaban J connectivity index is 1.54. The maximum absolute atomic E-state index is 12.9. The maximum atomic E-state index is 12.9. The molecule has 25 heavy (non-hydrogen) atoms. The van der Waals surface area contributed by atoms with Crippen LogP contribution in [0.5, 0.6) is 0 Å². The van der Waals surface area contributed by atoms with Crippen molar-refractivity contribution in [1.29, 1.82) is 0 Å². The standard InChI is InChI=1S/C18H21N5O2/c1-12(2)18-20-17(21-25-18)15-8-5-9-22(15)16(24)11-23-14-7-4-3-6-13(14)10-19-23/h3-4,6-7,10,12,15H,5,8-9,11H2,1-2H3. The number of nitrogens with zero attached hydrogens (tertiary/aromatic N) is 5. The summed E-state index contributed by atoms with van der Waals surface area (Å²) in [5.74, 6) is 1.45. The van der Waals surface area contributed by atoms with Gasteiger partial charge in [0.15, 0.2) is 5.82 Å². The number of amides is 1. The number of hydrogen-bond donors (Lipinski definition) is 0. The Morgan fingerprint density at radius 3 is 3.00 bits per heavy atom. The highest BCUT2D eigenvalue weighted by atomic mass is 16.5. The molecule has 7 heteroatoms. The zero-order valence-electron chi connectivity index (χ0n) is 14.4. The van der Waals surface area contributed by atoms with Crippen LogP contribution in [0, 0.1) is 0 Å². The van der Waals surface area contributed by atoms with Gasteiger partial charge < -0.3 is 9.42 Å². The van der Waals surface area contributed by atoms with Gasteiger partial charge in [-0.05, 0) is 18.9 Å². The molecule has 0 saturated carbocycles. The molecule has 3 heterocycles. The summed E-state index contributed by atoms with van der Waals surface area (Å²) in [5, 5.41) is 9.48. The molecule has 1 unspecified atom stereocenters. The minimum Gasteiger partial charge on any atom is -0.339 e. The molecule has 0 aliphatic carbocycles. The van der Waals surface area contributed by atoms with Crippen LogP contribution in [-0.4, -0.2) is 37.3 Å². The van der Waals surface area contributed by atoms with Crippen LogP contribution in [0.4, 0.5) is 0 Å². The summed E-state index contributed by atoms with van der Waals surface area (Å²) in [4.78, 5) is 19.2. The van der Waals surface area contributed by atoms with Gasteiger partial charge in [0, 0.05) is 17.8 Å². The number of likely N-dealkylation sites (tertiary alicyclic amines) is 1. The number of aromatic nitrogens is 4. The highest BCUT2D eigenvalue weighted by Crippen LogP contribution is 2.31. The molecule has 2 aromatic heterocycles. The van der Waals surface area contributed by atoms with Crippen molar-refractivity contribution in [2.24, 2.45) is 0 Å². The lowest BCUT2D eigenvalue weighted by atomic mass is 10.2. The molecule has 1 aliphatic rings. The van der Waals surface area contributed by atoms with Gasteiger partial charge in [-0.15, -0.1) is 0 Å². The summed E-state index contributed by atoms with van der Waals surface area (Å²) in [6.07, 6.45) is 3.60. The molecule has 1 atom stereocenters. The third kappa shape index (κ3) is 2.90. The number of fused-ring (bicyclic) bond motifs is 1. The molecule has 0 spiro atoms. The van der Waals surface area contributed by atoms with Crippen LogP contribution >= 0.6 is 0 Å². The molecule has 0 N–H and O–H groups in total. The van der Waals surface area contributed by atoms with E-state index in [1.807, 2.05) is 43.0 Å². The molecule has 1 aliphatic heterocycles. The number of benzene rings is 1. The molecule has 4 rings (SSSR count). The first-order chi connectivity index (χ1) is 12.1. The third-order valence-electron chi connectivity index (χ3n) is 4.66. The van der Waals surface area contributed by atoms with Crippen LogP contribution in [0.3, 0.4) is 0 Å². The zero-order chi connectivity index (χ0) is 17.4. The number of para-hydroxylation sites is 1. The summed E-state index contributed by atoms with van der Waals surface area (Å²) in [6.45, 7) is 4.96. The summed E-state index contributed by atoms with van der Waals surface area (Å²) in [5.41, 5.74) is 0.966. The van der Waals surface area contributed by atoms with Gasteiger partial charge in [-0.1, -0.05) is 37.2 Å². The fourth-order valence-electron chi connectivity index (χ4n) is 3.32. The van der Waals surface area contributed by atoms with Crippen molar-refractivity contribution in [3.05, 3.63) is 42.2 Å². The van der Waals surface area contributed by atoms with E-state index in [0.717, 1.165) is 23.7 Å². The molecule has 0 radical (unpaired) electrons. The molecular formula is C18H21N5O2. The molecular weight excluding hydrogens is 318 g/mol. The average molecular weight is 339 g/mol. The Morgan fingerprint density at radius 1 is 1.36 bits per heavy atom. The van der Waals surface area contributed by atoms with Crippen LogP contribution < -0.4 is 0 Å². The average Bonchev–Trinajstić information content (AvgIpc) is 3.34. The van der Waals surface area contributed by atoms with E-state index in [9.17, 15) is 4.79 Å². The normalized spacial score (nSPS) is 17.7. The van der Waals surface area contributed by atoms with Crippen LogP contribution in [0.25, 0.3) is 10.9 Å². The van der Waals surface area contributed by atoms with Gasteiger partial charge in [0.1, 0.15) is 6.54 Å². The van der Waals surface area contributed by atoms with Crippen molar-refractivity contribution in [3.8, 4) is 0 Å². The van der Waals surface area contributed by atoms with Gasteiger partial charge in [0.25, 0.3) is 0 Å². The highest BCUT2D eigenvalue weighted by molar-refractivity contribution is 5.82. The van der Waals surface area contributed by atoms with Gasteiger partial charge >= 0.3 is 0 Å². The summed E-state index contributed by atoms with van der Waals surface area (Å²) in [7, 11) is 0. The van der Waals surface area contributed by atoms with E-state index in [0.29, 0.717) is 18.3 Å². The fraction of sp³-hybridized carbons (Fsp3) is 0.444. The fourth-order valence-corrected chi connectivity index (χ4v) is 3.32. The number of rotatable bonds is 4. The molecule has 1 amide bonds. The lowest BCUT2D eigenvalue weighted by molar-refractivity contribution is -0.133. The first-order valence-electron chi connectivity index (χ1n) is 8.67. The monoisotopic (exact) mass is 339 g/mol. The van der Waals surface area contributed by atoms with E-state index in [-0.39, 0.29) is 24.4 Å². The molecule has 3 aromatic rings. The van der Waals surface area contributed by atoms with Gasteiger partial charge in [-0.25, -0.2) is 0 Å². The number of carbonyl (C=O) groups excluding carboxylic acids is 1. The first kappa shape index (κ1) is 15.8. The highest BCUT2D eigenvalue weighted by Gasteiger charge is 2.33. The van der Waals surface area contributed by atoms with Crippen molar-refractivity contribution >= 4 is 16.8 Å². The summed E-state index contributed by atoms with van der Waals surface area (Å²) in [6, 6.07) is 7.79. The number of carbonyl (C=O) groups is 1. The second-order valence-electron chi connectivity index (χ2n) is 6.75. The van der Waals surface area contributed by atoms with E-state index in [2.05, 4.69) is 15.2 Å². The van der Waals surface area contributed by atoms with Gasteiger partial charge in [0.2, 0.25) is 11.8 Å². The lowest BCUT2D eigenvalue weighted by Gasteiger charge is -2.22. The van der Waals surface area contributed by atoms with Crippen LogP contribution in [0.15, 0.2) is 35.0 Å². The first-order valence-corrected chi connectivity index (χ1v) is 8.67. The van der Waals surface area contributed by atoms with Gasteiger partial charge in [0.05, 0.1) is 17.8 Å². The summed E-state index contributed by atoms with van der Waals surface area (Å²) < 4.78 is 7.07. The molecule has 0 bridgehead atoms. The third-order valence-corrected chi connectivity index (χ3v) is 4.66. The zero-order valence-corrected chi connectivity index (χ0v) is 14.4. The van der Waals surface area contributed by atoms with Gasteiger partial charge in [-0.3, -0.25) is 9.48 Å². The topological polar surface area (TPSA) is 77.1 Å². The van der Waals surface area contributed by atoms with Gasteiger partial charge in [-0.2, -0.15) is 10.1 Å². The minimum atomic E-state index is -0.106. The Morgan fingerprint density at radius 2 is 2.20 bits per heavy atom. The Kier molecular flexibility index (Phi) is 3.99. The van der Waals surface area contributed by atoms with Crippen LogP contribution in [0.1, 0.15) is 50.4 Å². The quantitative estimate of drug-likeness (QED) is 0.730. The van der Waals surface area contributed by atoms with Crippen molar-refractivity contribution < 1.29 is 9.32 Å². The largest absolute Gasteiger partial charge is 0.339 e.